The molecule has 1 aliphatic carbocycles. The normalized spacial score (nSPS) is 15.3. The van der Waals surface area contributed by atoms with Gasteiger partial charge < -0.3 is 10.1 Å². The van der Waals surface area contributed by atoms with E-state index in [4.69, 9.17) is 4.74 Å². The van der Waals surface area contributed by atoms with E-state index in [1.54, 1.807) is 18.3 Å². The lowest BCUT2D eigenvalue weighted by molar-refractivity contribution is -0.154. The lowest BCUT2D eigenvalue weighted by Crippen LogP contribution is -2.37. The molecule has 0 unspecified atom stereocenters. The molecule has 7 heteroatoms. The number of thiophene rings is 1. The van der Waals surface area contributed by atoms with Crippen LogP contribution >= 0.6 is 22.7 Å². The Morgan fingerprint density at radius 3 is 2.95 bits per heavy atom. The summed E-state index contributed by atoms with van der Waals surface area (Å²) in [4.78, 5) is 28.1. The second-order valence-electron chi connectivity index (χ2n) is 5.25. The van der Waals surface area contributed by atoms with Gasteiger partial charge in [-0.1, -0.05) is 0 Å². The van der Waals surface area contributed by atoms with Crippen molar-refractivity contribution in [3.05, 3.63) is 27.9 Å². The number of hydrogen-bond acceptors (Lipinski definition) is 6. The highest BCUT2D eigenvalue weighted by Crippen LogP contribution is 2.26. The number of hydrogen-bond donors (Lipinski definition) is 1. The minimum Gasteiger partial charge on any atom is -0.452 e. The van der Waals surface area contributed by atoms with Gasteiger partial charge in [-0.25, -0.2) is 4.98 Å². The Morgan fingerprint density at radius 1 is 1.45 bits per heavy atom. The summed E-state index contributed by atoms with van der Waals surface area (Å²) in [5.41, 5.74) is 1.73. The van der Waals surface area contributed by atoms with E-state index in [1.165, 1.54) is 11.3 Å². The summed E-state index contributed by atoms with van der Waals surface area (Å²) in [5.74, 6) is -0.659. The van der Waals surface area contributed by atoms with E-state index < -0.39 is 12.1 Å². The van der Waals surface area contributed by atoms with Crippen LogP contribution < -0.4 is 5.32 Å². The Bertz CT molecular complexity index is 662. The fourth-order valence-electron chi connectivity index (χ4n) is 1.89. The minimum absolute atomic E-state index is 0.0850. The van der Waals surface area contributed by atoms with Crippen molar-refractivity contribution in [3.63, 3.8) is 0 Å². The van der Waals surface area contributed by atoms with Crippen LogP contribution in [0.4, 0.5) is 0 Å². The first-order valence-corrected chi connectivity index (χ1v) is 8.91. The third-order valence-corrected chi connectivity index (χ3v) is 4.87. The zero-order valence-corrected chi connectivity index (χ0v) is 13.7. The van der Waals surface area contributed by atoms with E-state index in [-0.39, 0.29) is 18.4 Å². The molecule has 5 nitrogen and oxygen atoms in total. The monoisotopic (exact) mass is 336 g/mol. The van der Waals surface area contributed by atoms with Gasteiger partial charge >= 0.3 is 5.97 Å². The van der Waals surface area contributed by atoms with E-state index in [0.717, 1.165) is 23.4 Å². The van der Waals surface area contributed by atoms with Crippen LogP contribution in [0.1, 0.15) is 25.5 Å². The van der Waals surface area contributed by atoms with Crippen molar-refractivity contribution in [2.45, 2.75) is 38.3 Å². The minimum atomic E-state index is -0.761. The molecule has 1 saturated carbocycles. The fourth-order valence-corrected chi connectivity index (χ4v) is 3.43. The molecule has 1 atom stereocenters. The number of amides is 1. The summed E-state index contributed by atoms with van der Waals surface area (Å²) >= 11 is 3.11. The van der Waals surface area contributed by atoms with Crippen LogP contribution in [0.5, 0.6) is 0 Å². The molecule has 0 bridgehead atoms. The zero-order valence-electron chi connectivity index (χ0n) is 12.1. The van der Waals surface area contributed by atoms with Crippen molar-refractivity contribution in [2.24, 2.45) is 0 Å². The smallest absolute Gasteiger partial charge is 0.312 e. The van der Waals surface area contributed by atoms with E-state index >= 15 is 0 Å². The first-order chi connectivity index (χ1) is 10.6. The molecular formula is C15H16N2O3S2. The average molecular weight is 336 g/mol. The maximum Gasteiger partial charge on any atom is 0.312 e. The van der Waals surface area contributed by atoms with Gasteiger partial charge in [0, 0.05) is 22.4 Å². The summed E-state index contributed by atoms with van der Waals surface area (Å²) in [6.45, 7) is 1.59. The topological polar surface area (TPSA) is 68.3 Å². The van der Waals surface area contributed by atoms with Crippen LogP contribution in [0.15, 0.2) is 22.2 Å². The molecule has 0 aromatic carbocycles. The van der Waals surface area contributed by atoms with E-state index in [2.05, 4.69) is 10.3 Å². The zero-order chi connectivity index (χ0) is 15.5. The predicted octanol–water partition coefficient (Wildman–Crippen LogP) is 2.62. The Kier molecular flexibility index (Phi) is 4.54. The Labute approximate surface area is 136 Å². The van der Waals surface area contributed by atoms with Gasteiger partial charge in [0.1, 0.15) is 5.01 Å². The number of esters is 1. The first kappa shape index (κ1) is 15.2. The van der Waals surface area contributed by atoms with Gasteiger partial charge in [-0.15, -0.1) is 11.3 Å². The van der Waals surface area contributed by atoms with Gasteiger partial charge in [-0.3, -0.25) is 9.59 Å². The second-order valence-corrected chi connectivity index (χ2v) is 6.89. The summed E-state index contributed by atoms with van der Waals surface area (Å²) in [6, 6.07) is 2.26. The molecule has 0 saturated heterocycles. The van der Waals surface area contributed by atoms with Crippen LogP contribution in [0, 0.1) is 0 Å². The average Bonchev–Trinajstić information content (AvgIpc) is 2.96. The molecule has 22 heavy (non-hydrogen) atoms. The highest BCUT2D eigenvalue weighted by Gasteiger charge is 2.27. The molecule has 2 aromatic heterocycles. The van der Waals surface area contributed by atoms with Crippen molar-refractivity contribution in [2.75, 3.05) is 0 Å². The van der Waals surface area contributed by atoms with Gasteiger partial charge in [0.05, 0.1) is 12.1 Å². The SMILES string of the molecule is C[C@H](OC(=O)Cc1csc(-c2ccsc2)n1)C(=O)NC1CC1. The van der Waals surface area contributed by atoms with E-state index in [9.17, 15) is 9.59 Å². The Morgan fingerprint density at radius 2 is 2.27 bits per heavy atom. The van der Waals surface area contributed by atoms with E-state index in [0.29, 0.717) is 5.69 Å². The molecule has 0 radical (unpaired) electrons. The summed E-state index contributed by atoms with van der Waals surface area (Å²) in [7, 11) is 0. The second kappa shape index (κ2) is 6.58. The molecule has 0 aliphatic heterocycles. The number of rotatable bonds is 6. The Balaban J connectivity index is 1.52. The maximum absolute atomic E-state index is 11.9. The van der Waals surface area contributed by atoms with Gasteiger partial charge in [0.15, 0.2) is 6.10 Å². The standard InChI is InChI=1S/C15H16N2O3S2/c1-9(14(19)16-11-2-3-11)20-13(18)6-12-8-22-15(17-12)10-4-5-21-7-10/h4-5,7-9,11H,2-3,6H2,1H3,(H,16,19)/t9-/m0/s1. The highest BCUT2D eigenvalue weighted by atomic mass is 32.1. The largest absolute Gasteiger partial charge is 0.452 e. The summed E-state index contributed by atoms with van der Waals surface area (Å²) in [5, 5.41) is 9.57. The molecule has 2 aromatic rings. The van der Waals surface area contributed by atoms with Crippen molar-refractivity contribution in [3.8, 4) is 10.6 Å². The van der Waals surface area contributed by atoms with Crippen molar-refractivity contribution < 1.29 is 14.3 Å². The van der Waals surface area contributed by atoms with Gasteiger partial charge in [-0.2, -0.15) is 11.3 Å². The Hall–Kier alpha value is -1.73. The van der Waals surface area contributed by atoms with Gasteiger partial charge in [0.25, 0.3) is 5.91 Å². The van der Waals surface area contributed by atoms with Crippen molar-refractivity contribution in [1.82, 2.24) is 10.3 Å². The number of carbonyl (C=O) groups excluding carboxylic acids is 2. The number of aromatic nitrogens is 1. The van der Waals surface area contributed by atoms with Crippen LogP contribution in [-0.4, -0.2) is 29.0 Å². The summed E-state index contributed by atoms with van der Waals surface area (Å²) in [6.07, 6.45) is 1.34. The molecule has 3 rings (SSSR count). The number of nitrogens with zero attached hydrogens (tertiary/aromatic N) is 1. The van der Waals surface area contributed by atoms with Crippen LogP contribution in [0.25, 0.3) is 10.6 Å². The van der Waals surface area contributed by atoms with E-state index in [1.807, 2.05) is 22.2 Å². The molecule has 1 fully saturated rings. The molecule has 0 spiro atoms. The number of ether oxygens (including phenoxy) is 1. The van der Waals surface area contributed by atoms with Gasteiger partial charge in [0.2, 0.25) is 0 Å². The lowest BCUT2D eigenvalue weighted by atomic mass is 10.3. The third-order valence-electron chi connectivity index (χ3n) is 3.25. The third kappa shape index (κ3) is 3.92. The molecule has 116 valence electrons. The molecule has 1 amide bonds. The van der Waals surface area contributed by atoms with Crippen molar-refractivity contribution in [1.29, 1.82) is 0 Å². The van der Waals surface area contributed by atoms with Gasteiger partial charge in [-0.05, 0) is 31.2 Å². The van der Waals surface area contributed by atoms with Crippen LogP contribution in [-0.2, 0) is 20.7 Å². The highest BCUT2D eigenvalue weighted by molar-refractivity contribution is 7.14. The van der Waals surface area contributed by atoms with Crippen LogP contribution in [0.3, 0.4) is 0 Å². The van der Waals surface area contributed by atoms with Crippen LogP contribution in [0.2, 0.25) is 0 Å². The number of carbonyl (C=O) groups is 2. The molecular weight excluding hydrogens is 320 g/mol. The summed E-state index contributed by atoms with van der Waals surface area (Å²) < 4.78 is 5.16. The fraction of sp³-hybridized carbons (Fsp3) is 0.400. The molecule has 1 N–H and O–H groups in total. The first-order valence-electron chi connectivity index (χ1n) is 7.08. The molecule has 1 aliphatic rings. The number of nitrogens with one attached hydrogen (secondary N) is 1. The van der Waals surface area contributed by atoms with Crippen molar-refractivity contribution >= 4 is 34.6 Å². The quantitative estimate of drug-likeness (QED) is 0.824. The maximum atomic E-state index is 11.9. The number of thiazole rings is 1. The lowest BCUT2D eigenvalue weighted by Gasteiger charge is -2.12. The molecule has 2 heterocycles. The predicted molar refractivity (Wildman–Crippen MR) is 85.8 cm³/mol.